The number of thiophene rings is 1. The smallest absolute Gasteiger partial charge is 0.421 e. The third-order valence-corrected chi connectivity index (χ3v) is 7.06. The van der Waals surface area contributed by atoms with Crippen LogP contribution in [-0.4, -0.2) is 34.8 Å². The molecule has 0 saturated heterocycles. The zero-order chi connectivity index (χ0) is 26.9. The van der Waals surface area contributed by atoms with Gasteiger partial charge in [-0.25, -0.2) is 0 Å². The van der Waals surface area contributed by atoms with Crippen molar-refractivity contribution in [1.29, 1.82) is 0 Å². The summed E-state index contributed by atoms with van der Waals surface area (Å²) in [5, 5.41) is 29.7. The molecule has 3 N–H and O–H groups in total. The molecule has 4 nitrogen and oxygen atoms in total. The van der Waals surface area contributed by atoms with E-state index in [-0.39, 0.29) is 41.4 Å². The molecule has 1 atom stereocenters. The lowest BCUT2D eigenvalue weighted by Gasteiger charge is -2.34. The lowest BCUT2D eigenvalue weighted by molar-refractivity contribution is -0.300. The number of ether oxygens (including phenoxy) is 1. The van der Waals surface area contributed by atoms with Crippen LogP contribution in [0, 0.1) is 0 Å². The highest BCUT2D eigenvalue weighted by molar-refractivity contribution is 7.19. The highest BCUT2D eigenvalue weighted by Gasteiger charge is 2.61. The van der Waals surface area contributed by atoms with E-state index in [9.17, 15) is 41.7 Å². The van der Waals surface area contributed by atoms with Crippen LogP contribution in [0.2, 0.25) is 0 Å². The first-order valence-electron chi connectivity index (χ1n) is 10.8. The Morgan fingerprint density at radius 3 is 2.08 bits per heavy atom. The van der Waals surface area contributed by atoms with E-state index in [2.05, 4.69) is 0 Å². The van der Waals surface area contributed by atoms with E-state index in [1.54, 1.807) is 18.2 Å². The molecular formula is C25H24F6O4S. The summed E-state index contributed by atoms with van der Waals surface area (Å²) >= 11 is 0.972. The van der Waals surface area contributed by atoms with Crippen molar-refractivity contribution in [3.05, 3.63) is 64.7 Å². The number of rotatable bonds is 8. The molecule has 0 amide bonds. The highest BCUT2D eigenvalue weighted by atomic mass is 32.1. The first-order valence-corrected chi connectivity index (χ1v) is 11.6. The summed E-state index contributed by atoms with van der Waals surface area (Å²) < 4.78 is 87.6. The molecule has 1 unspecified atom stereocenters. The monoisotopic (exact) mass is 534 g/mol. The predicted octanol–water partition coefficient (Wildman–Crippen LogP) is 6.34. The van der Waals surface area contributed by atoms with Crippen molar-refractivity contribution < 1.29 is 46.4 Å². The van der Waals surface area contributed by atoms with Gasteiger partial charge in [0.05, 0.1) is 31.6 Å². The number of aliphatic hydroxyl groups is 3. The molecule has 0 fully saturated rings. The topological polar surface area (TPSA) is 69.9 Å². The van der Waals surface area contributed by atoms with Gasteiger partial charge in [-0.2, -0.15) is 26.3 Å². The van der Waals surface area contributed by atoms with Gasteiger partial charge < -0.3 is 20.1 Å². The van der Waals surface area contributed by atoms with Crippen LogP contribution in [0.3, 0.4) is 0 Å². The minimum Gasteiger partial charge on any atom is -0.495 e. The van der Waals surface area contributed by atoms with Crippen molar-refractivity contribution in [2.45, 2.75) is 50.9 Å². The standard InChI is InChI=1S/C25H24F6O4S/c1-3-14-5-4-6-18(21(14)23(34,25(29,30)31)13-24(26,27)28)20-10-19(35-2)22(36-20)15-7-8-16(11-32)17(9-15)12-33/h4-10,32-34H,3,11-13H2,1-2H3. The Balaban J connectivity index is 2.29. The molecule has 0 aliphatic carbocycles. The average Bonchev–Trinajstić information content (AvgIpc) is 3.25. The second kappa shape index (κ2) is 10.4. The van der Waals surface area contributed by atoms with Crippen molar-refractivity contribution >= 4 is 11.3 Å². The van der Waals surface area contributed by atoms with E-state index in [0.29, 0.717) is 21.6 Å². The zero-order valence-corrected chi connectivity index (χ0v) is 20.1. The van der Waals surface area contributed by atoms with E-state index in [1.165, 1.54) is 38.3 Å². The first-order chi connectivity index (χ1) is 16.8. The van der Waals surface area contributed by atoms with Crippen molar-refractivity contribution in [1.82, 2.24) is 0 Å². The molecule has 2 aromatic carbocycles. The lowest BCUT2D eigenvalue weighted by Crippen LogP contribution is -2.46. The number of halogens is 6. The molecule has 1 heterocycles. The summed E-state index contributed by atoms with van der Waals surface area (Å²) in [5.74, 6) is 0.245. The first kappa shape index (κ1) is 28.0. The molecule has 0 aliphatic heterocycles. The van der Waals surface area contributed by atoms with Crippen LogP contribution in [0.25, 0.3) is 20.9 Å². The molecule has 0 spiro atoms. The van der Waals surface area contributed by atoms with Gasteiger partial charge in [0, 0.05) is 10.4 Å². The molecule has 36 heavy (non-hydrogen) atoms. The molecule has 0 saturated carbocycles. The Hall–Kier alpha value is -2.60. The Bertz CT molecular complexity index is 1220. The molecule has 196 valence electrons. The van der Waals surface area contributed by atoms with Gasteiger partial charge in [-0.1, -0.05) is 37.3 Å². The lowest BCUT2D eigenvalue weighted by atomic mass is 9.81. The minimum absolute atomic E-state index is 0.0444. The van der Waals surface area contributed by atoms with Crippen molar-refractivity contribution in [2.75, 3.05) is 7.11 Å². The van der Waals surface area contributed by atoms with Gasteiger partial charge in [0.1, 0.15) is 5.75 Å². The van der Waals surface area contributed by atoms with Crippen LogP contribution in [0.1, 0.15) is 35.6 Å². The number of alkyl halides is 6. The molecule has 11 heteroatoms. The number of aliphatic hydroxyl groups excluding tert-OH is 2. The van der Waals surface area contributed by atoms with Gasteiger partial charge in [0.15, 0.2) is 5.60 Å². The van der Waals surface area contributed by atoms with Crippen LogP contribution in [0.15, 0.2) is 42.5 Å². The van der Waals surface area contributed by atoms with Gasteiger partial charge in [0.25, 0.3) is 0 Å². The Kier molecular flexibility index (Phi) is 8.09. The Morgan fingerprint density at radius 2 is 1.56 bits per heavy atom. The van der Waals surface area contributed by atoms with Gasteiger partial charge >= 0.3 is 12.4 Å². The fourth-order valence-electron chi connectivity index (χ4n) is 4.14. The Morgan fingerprint density at radius 1 is 0.889 bits per heavy atom. The quantitative estimate of drug-likeness (QED) is 0.295. The largest absolute Gasteiger partial charge is 0.495 e. The summed E-state index contributed by atoms with van der Waals surface area (Å²) in [5.41, 5.74) is -3.84. The maximum Gasteiger partial charge on any atom is 0.421 e. The van der Waals surface area contributed by atoms with Gasteiger partial charge in [-0.15, -0.1) is 11.3 Å². The fourth-order valence-corrected chi connectivity index (χ4v) is 5.29. The molecular weight excluding hydrogens is 510 g/mol. The van der Waals surface area contributed by atoms with E-state index in [4.69, 9.17) is 4.74 Å². The molecule has 3 aromatic rings. The third kappa shape index (κ3) is 5.39. The Labute approximate surface area is 207 Å². The fraction of sp³-hybridized carbons (Fsp3) is 0.360. The van der Waals surface area contributed by atoms with Crippen LogP contribution < -0.4 is 4.74 Å². The van der Waals surface area contributed by atoms with Crippen LogP contribution in [0.5, 0.6) is 5.75 Å². The van der Waals surface area contributed by atoms with E-state index >= 15 is 0 Å². The number of aryl methyl sites for hydroxylation is 1. The number of hydrogen-bond acceptors (Lipinski definition) is 5. The van der Waals surface area contributed by atoms with Crippen LogP contribution >= 0.6 is 11.3 Å². The van der Waals surface area contributed by atoms with Gasteiger partial charge in [0.2, 0.25) is 0 Å². The number of benzene rings is 2. The summed E-state index contributed by atoms with van der Waals surface area (Å²) in [6.45, 7) is 0.807. The van der Waals surface area contributed by atoms with Crippen LogP contribution in [-0.2, 0) is 25.2 Å². The minimum atomic E-state index is -5.61. The van der Waals surface area contributed by atoms with Crippen LogP contribution in [0.4, 0.5) is 26.3 Å². The number of methoxy groups -OCH3 is 1. The SMILES string of the molecule is CCc1cccc(-c2cc(OC)c(-c3ccc(CO)c(CO)c3)s2)c1C(O)(CC(F)(F)F)C(F)(F)F. The van der Waals surface area contributed by atoms with Crippen molar-refractivity contribution in [3.63, 3.8) is 0 Å². The molecule has 0 bridgehead atoms. The average molecular weight is 535 g/mol. The highest BCUT2D eigenvalue weighted by Crippen LogP contribution is 2.52. The van der Waals surface area contributed by atoms with Crippen molar-refractivity contribution in [2.24, 2.45) is 0 Å². The van der Waals surface area contributed by atoms with Gasteiger partial charge in [-0.3, -0.25) is 0 Å². The predicted molar refractivity (Wildman–Crippen MR) is 124 cm³/mol. The normalized spacial score (nSPS) is 14.1. The van der Waals surface area contributed by atoms with E-state index in [1.807, 2.05) is 0 Å². The maximum absolute atomic E-state index is 14.1. The van der Waals surface area contributed by atoms with Gasteiger partial charge in [-0.05, 0) is 46.4 Å². The molecule has 0 radical (unpaired) electrons. The summed E-state index contributed by atoms with van der Waals surface area (Å²) in [6, 6.07) is 10.1. The third-order valence-electron chi connectivity index (χ3n) is 5.86. The van der Waals surface area contributed by atoms with E-state index in [0.717, 1.165) is 11.3 Å². The maximum atomic E-state index is 14.1. The van der Waals surface area contributed by atoms with Crippen molar-refractivity contribution in [3.8, 4) is 26.6 Å². The summed E-state index contributed by atoms with van der Waals surface area (Å²) in [4.78, 5) is 0.611. The molecule has 0 aliphatic rings. The molecule has 1 aromatic heterocycles. The zero-order valence-electron chi connectivity index (χ0n) is 19.3. The van der Waals surface area contributed by atoms with E-state index < -0.39 is 29.9 Å². The number of hydrogen-bond donors (Lipinski definition) is 3. The molecule has 3 rings (SSSR count). The summed E-state index contributed by atoms with van der Waals surface area (Å²) in [6.07, 6.45) is -13.4. The summed E-state index contributed by atoms with van der Waals surface area (Å²) in [7, 11) is 1.34. The second-order valence-corrected chi connectivity index (χ2v) is 9.20. The second-order valence-electron chi connectivity index (χ2n) is 8.15.